The lowest BCUT2D eigenvalue weighted by Crippen LogP contribution is -2.14. The van der Waals surface area contributed by atoms with Crippen molar-refractivity contribution in [2.45, 2.75) is 52.4 Å². The molecule has 9 rings (SSSR count). The Labute approximate surface area is 312 Å². The SMILES string of the molecule is CC(C)(C)c1ccc(N(c2ccc(C(C)(C)C)cc2)c2ccc3ccc4c(C=C5c6ccccc6C(=O)c6ccccc65)ccc5ccc2c3c54)cc1. The molecule has 2 heteroatoms. The molecule has 0 heterocycles. The van der Waals surface area contributed by atoms with Gasteiger partial charge in [0.2, 0.25) is 0 Å². The zero-order chi connectivity index (χ0) is 36.6. The molecule has 8 aromatic carbocycles. The second kappa shape index (κ2) is 12.0. The molecule has 0 unspecified atom stereocenters. The zero-order valence-corrected chi connectivity index (χ0v) is 31.3. The van der Waals surface area contributed by atoms with Crippen LogP contribution >= 0.6 is 0 Å². The van der Waals surface area contributed by atoms with Crippen LogP contribution in [0, 0.1) is 0 Å². The molecular weight excluding hydrogens is 643 g/mol. The number of anilines is 3. The Balaban J connectivity index is 1.27. The summed E-state index contributed by atoms with van der Waals surface area (Å²) in [6.45, 7) is 13.6. The third kappa shape index (κ3) is 5.44. The highest BCUT2D eigenvalue weighted by Gasteiger charge is 2.27. The quantitative estimate of drug-likeness (QED) is 0.172. The minimum atomic E-state index is 0.0645. The number of fused-ring (bicyclic) bond motifs is 2. The van der Waals surface area contributed by atoms with E-state index in [1.54, 1.807) is 0 Å². The highest BCUT2D eigenvalue weighted by molar-refractivity contribution is 6.28. The van der Waals surface area contributed by atoms with Gasteiger partial charge in [-0.1, -0.05) is 157 Å². The Morgan fingerprint density at radius 1 is 0.453 bits per heavy atom. The van der Waals surface area contributed by atoms with Crippen molar-refractivity contribution in [3.8, 4) is 0 Å². The molecular formula is C51H43NO. The monoisotopic (exact) mass is 685 g/mol. The molecule has 0 saturated carbocycles. The number of ketones is 1. The van der Waals surface area contributed by atoms with Crippen LogP contribution in [0.1, 0.15) is 85.3 Å². The largest absolute Gasteiger partial charge is 0.310 e. The Hall–Kier alpha value is -5.99. The number of hydrogen-bond donors (Lipinski definition) is 0. The maximum absolute atomic E-state index is 13.5. The predicted molar refractivity (Wildman–Crippen MR) is 226 cm³/mol. The molecule has 1 aliphatic rings. The van der Waals surface area contributed by atoms with Crippen LogP contribution in [0.25, 0.3) is 44.0 Å². The topological polar surface area (TPSA) is 20.3 Å². The third-order valence-electron chi connectivity index (χ3n) is 11.1. The summed E-state index contributed by atoms with van der Waals surface area (Å²) in [5.74, 6) is 0.0851. The van der Waals surface area contributed by atoms with Gasteiger partial charge in [0.25, 0.3) is 0 Å². The molecule has 2 nitrogen and oxygen atoms in total. The molecule has 0 saturated heterocycles. The van der Waals surface area contributed by atoms with E-state index in [0.29, 0.717) is 0 Å². The second-order valence-corrected chi connectivity index (χ2v) is 16.6. The van der Waals surface area contributed by atoms with Gasteiger partial charge in [-0.05, 0) is 108 Å². The van der Waals surface area contributed by atoms with Crippen LogP contribution in [0.15, 0.2) is 146 Å². The van der Waals surface area contributed by atoms with Gasteiger partial charge < -0.3 is 4.90 Å². The van der Waals surface area contributed by atoms with Crippen molar-refractivity contribution < 1.29 is 4.79 Å². The Morgan fingerprint density at radius 2 is 0.887 bits per heavy atom. The highest BCUT2D eigenvalue weighted by atomic mass is 16.1. The van der Waals surface area contributed by atoms with E-state index >= 15 is 0 Å². The predicted octanol–water partition coefficient (Wildman–Crippen LogP) is 13.8. The van der Waals surface area contributed by atoms with Crippen LogP contribution < -0.4 is 4.90 Å². The molecule has 0 N–H and O–H groups in total. The molecule has 0 amide bonds. The normalized spacial score (nSPS) is 13.1. The fraction of sp³-hybridized carbons (Fsp3) is 0.157. The van der Waals surface area contributed by atoms with Gasteiger partial charge in [0.15, 0.2) is 5.78 Å². The first-order valence-corrected chi connectivity index (χ1v) is 18.6. The number of nitrogens with zero attached hydrogens (tertiary/aromatic N) is 1. The van der Waals surface area contributed by atoms with E-state index in [0.717, 1.165) is 50.5 Å². The molecule has 1 aliphatic carbocycles. The molecule has 0 aromatic heterocycles. The standard InChI is InChI=1S/C51H43NO/c1-50(2,3)35-20-24-37(25-21-35)52(38-26-22-36(23-27-38)51(4,5)6)46-30-19-33-17-28-39-34(16-15-32-18-29-44(46)48(33)47(32)39)31-45-40-11-7-9-13-42(40)49(53)43-14-10-8-12-41(43)45/h7-31H,1-6H3. The summed E-state index contributed by atoms with van der Waals surface area (Å²) < 4.78 is 0. The Morgan fingerprint density at radius 3 is 1.40 bits per heavy atom. The number of carbonyl (C=O) groups excluding carboxylic acids is 1. The van der Waals surface area contributed by atoms with Crippen LogP contribution in [0.3, 0.4) is 0 Å². The Bertz CT molecular complexity index is 2630. The van der Waals surface area contributed by atoms with E-state index in [1.807, 2.05) is 36.4 Å². The second-order valence-electron chi connectivity index (χ2n) is 16.6. The van der Waals surface area contributed by atoms with Crippen molar-refractivity contribution in [1.29, 1.82) is 0 Å². The fourth-order valence-electron chi connectivity index (χ4n) is 8.21. The smallest absolute Gasteiger partial charge is 0.194 e. The van der Waals surface area contributed by atoms with Gasteiger partial charge in [0.1, 0.15) is 0 Å². The first kappa shape index (κ1) is 32.9. The molecule has 53 heavy (non-hydrogen) atoms. The van der Waals surface area contributed by atoms with Crippen LogP contribution in [0.2, 0.25) is 0 Å². The Kier molecular flexibility index (Phi) is 7.47. The summed E-state index contributed by atoms with van der Waals surface area (Å²) in [6.07, 6.45) is 2.29. The van der Waals surface area contributed by atoms with Crippen LogP contribution in [-0.2, 0) is 10.8 Å². The van der Waals surface area contributed by atoms with Gasteiger partial charge in [-0.15, -0.1) is 0 Å². The maximum Gasteiger partial charge on any atom is 0.194 e. The average molecular weight is 686 g/mol. The lowest BCUT2D eigenvalue weighted by Gasteiger charge is -2.29. The first-order valence-electron chi connectivity index (χ1n) is 18.6. The molecule has 0 spiro atoms. The number of rotatable bonds is 4. The van der Waals surface area contributed by atoms with Crippen LogP contribution in [-0.4, -0.2) is 5.78 Å². The van der Waals surface area contributed by atoms with Crippen molar-refractivity contribution in [3.63, 3.8) is 0 Å². The lowest BCUT2D eigenvalue weighted by atomic mass is 9.80. The van der Waals surface area contributed by atoms with Crippen LogP contribution in [0.5, 0.6) is 0 Å². The third-order valence-corrected chi connectivity index (χ3v) is 11.1. The molecule has 258 valence electrons. The van der Waals surface area contributed by atoms with Gasteiger partial charge in [-0.25, -0.2) is 0 Å². The lowest BCUT2D eigenvalue weighted by molar-refractivity contribution is 0.103. The van der Waals surface area contributed by atoms with Gasteiger partial charge in [-0.3, -0.25) is 4.79 Å². The van der Waals surface area contributed by atoms with Crippen molar-refractivity contribution >= 4 is 66.8 Å². The number of benzene rings is 8. The molecule has 0 aliphatic heterocycles. The van der Waals surface area contributed by atoms with Gasteiger partial charge in [0, 0.05) is 27.9 Å². The maximum atomic E-state index is 13.5. The first-order chi connectivity index (χ1) is 25.5. The number of hydrogen-bond acceptors (Lipinski definition) is 2. The van der Waals surface area contributed by atoms with Gasteiger partial charge >= 0.3 is 0 Å². The zero-order valence-electron chi connectivity index (χ0n) is 31.3. The van der Waals surface area contributed by atoms with E-state index < -0.39 is 0 Å². The van der Waals surface area contributed by atoms with E-state index in [4.69, 9.17) is 0 Å². The summed E-state index contributed by atoms with van der Waals surface area (Å²) in [6, 6.07) is 52.4. The molecule has 0 atom stereocenters. The summed E-state index contributed by atoms with van der Waals surface area (Å²) in [4.78, 5) is 15.9. The summed E-state index contributed by atoms with van der Waals surface area (Å²) >= 11 is 0. The fourth-order valence-corrected chi connectivity index (χ4v) is 8.21. The summed E-state index contributed by atoms with van der Waals surface area (Å²) in [5.41, 5.74) is 11.9. The highest BCUT2D eigenvalue weighted by Crippen LogP contribution is 2.46. The van der Waals surface area contributed by atoms with E-state index in [9.17, 15) is 4.79 Å². The van der Waals surface area contributed by atoms with Gasteiger partial charge in [-0.2, -0.15) is 0 Å². The van der Waals surface area contributed by atoms with E-state index in [-0.39, 0.29) is 16.6 Å². The molecule has 0 fully saturated rings. The van der Waals surface area contributed by atoms with Crippen molar-refractivity contribution in [2.24, 2.45) is 0 Å². The molecule has 0 bridgehead atoms. The molecule has 8 aromatic rings. The number of carbonyl (C=O) groups is 1. The van der Waals surface area contributed by atoms with Crippen LogP contribution in [0.4, 0.5) is 17.1 Å². The van der Waals surface area contributed by atoms with E-state index in [1.165, 1.54) is 43.4 Å². The minimum Gasteiger partial charge on any atom is -0.310 e. The van der Waals surface area contributed by atoms with Gasteiger partial charge in [0.05, 0.1) is 5.69 Å². The molecule has 0 radical (unpaired) electrons. The van der Waals surface area contributed by atoms with E-state index in [2.05, 4.69) is 162 Å². The van der Waals surface area contributed by atoms with Crippen molar-refractivity contribution in [1.82, 2.24) is 0 Å². The van der Waals surface area contributed by atoms with Crippen molar-refractivity contribution in [3.05, 3.63) is 185 Å². The summed E-state index contributed by atoms with van der Waals surface area (Å²) in [5, 5.41) is 7.37. The average Bonchev–Trinajstić information content (AvgIpc) is 3.16. The summed E-state index contributed by atoms with van der Waals surface area (Å²) in [7, 11) is 0. The van der Waals surface area contributed by atoms with Crippen molar-refractivity contribution in [2.75, 3.05) is 4.90 Å². The minimum absolute atomic E-state index is 0.0645.